The number of amides is 2. The number of nitrogens with one attached hydrogen (secondary N) is 3. The smallest absolute Gasteiger partial charge is 0.354 e. The monoisotopic (exact) mass is 602 g/mol. The summed E-state index contributed by atoms with van der Waals surface area (Å²) in [5.74, 6) is -1.45. The van der Waals surface area contributed by atoms with Gasteiger partial charge >= 0.3 is 12.2 Å². The summed E-state index contributed by atoms with van der Waals surface area (Å²) in [7, 11) is 1.71. The number of urea groups is 1. The zero-order valence-electron chi connectivity index (χ0n) is 23.6. The summed E-state index contributed by atoms with van der Waals surface area (Å²) in [6.45, 7) is 5.12. The summed E-state index contributed by atoms with van der Waals surface area (Å²) in [6, 6.07) is 5.02. The summed E-state index contributed by atoms with van der Waals surface area (Å²) < 4.78 is 69.4. The first kappa shape index (κ1) is 30.1. The van der Waals surface area contributed by atoms with E-state index in [1.165, 1.54) is 31.4 Å². The highest BCUT2D eigenvalue weighted by molar-refractivity contribution is 6.00. The van der Waals surface area contributed by atoms with E-state index in [9.17, 15) is 26.7 Å². The van der Waals surface area contributed by atoms with Crippen LogP contribution in [0.3, 0.4) is 0 Å². The molecule has 0 aliphatic carbocycles. The largest absolute Gasteiger partial charge is 0.416 e. The molecule has 1 aliphatic heterocycles. The Hall–Kier alpha value is -4.33. The number of piperidine rings is 1. The fourth-order valence-electron chi connectivity index (χ4n) is 5.15. The van der Waals surface area contributed by atoms with Gasteiger partial charge in [-0.3, -0.25) is 0 Å². The second kappa shape index (κ2) is 12.5. The topological polar surface area (TPSA) is 100 Å². The maximum absolute atomic E-state index is 15.0. The lowest BCUT2D eigenvalue weighted by Gasteiger charge is -2.33. The van der Waals surface area contributed by atoms with E-state index in [4.69, 9.17) is 0 Å². The summed E-state index contributed by atoms with van der Waals surface area (Å²) in [5.41, 5.74) is -0.758. The molecule has 9 nitrogen and oxygen atoms in total. The molecule has 3 N–H and O–H groups in total. The van der Waals surface area contributed by atoms with Crippen LogP contribution in [0.1, 0.15) is 38.2 Å². The van der Waals surface area contributed by atoms with Gasteiger partial charge in [-0.1, -0.05) is 12.5 Å². The number of hydrogen-bond acceptors (Lipinski definition) is 6. The molecule has 0 spiro atoms. The van der Waals surface area contributed by atoms with Gasteiger partial charge in [-0.15, -0.1) is 0 Å². The molecule has 0 bridgehead atoms. The van der Waals surface area contributed by atoms with Crippen LogP contribution < -0.4 is 16.0 Å². The van der Waals surface area contributed by atoms with Gasteiger partial charge in [0.2, 0.25) is 5.95 Å². The Bertz CT molecular complexity index is 1620. The van der Waals surface area contributed by atoms with Gasteiger partial charge in [-0.2, -0.15) is 23.3 Å². The predicted octanol–water partition coefficient (Wildman–Crippen LogP) is 6.65. The fourth-order valence-corrected chi connectivity index (χ4v) is 5.15. The van der Waals surface area contributed by atoms with Crippen LogP contribution in [-0.4, -0.2) is 56.4 Å². The molecular weight excluding hydrogens is 571 g/mol. The molecule has 1 atom stereocenters. The summed E-state index contributed by atoms with van der Waals surface area (Å²) in [5, 5.41) is 12.5. The van der Waals surface area contributed by atoms with Gasteiger partial charge in [0.15, 0.2) is 5.65 Å². The van der Waals surface area contributed by atoms with Gasteiger partial charge in [-0.25, -0.2) is 23.2 Å². The number of fused-ring (bicyclic) bond motifs is 1. The predicted molar refractivity (Wildman–Crippen MR) is 154 cm³/mol. The molecule has 43 heavy (non-hydrogen) atoms. The first-order valence-electron chi connectivity index (χ1n) is 13.9. The lowest BCUT2D eigenvalue weighted by atomic mass is 10.0. The Morgan fingerprint density at radius 2 is 1.84 bits per heavy atom. The van der Waals surface area contributed by atoms with Crippen molar-refractivity contribution < 1.29 is 26.7 Å². The van der Waals surface area contributed by atoms with E-state index < -0.39 is 35.1 Å². The molecule has 1 unspecified atom stereocenters. The van der Waals surface area contributed by atoms with Gasteiger partial charge in [-0.05, 0) is 63.1 Å². The van der Waals surface area contributed by atoms with Gasteiger partial charge in [0, 0.05) is 37.9 Å². The van der Waals surface area contributed by atoms with Crippen molar-refractivity contribution in [3.8, 4) is 11.3 Å². The lowest BCUT2D eigenvalue weighted by molar-refractivity contribution is -0.137. The average molecular weight is 603 g/mol. The van der Waals surface area contributed by atoms with Crippen LogP contribution in [-0.2, 0) is 13.2 Å². The van der Waals surface area contributed by atoms with E-state index in [1.807, 2.05) is 5.32 Å². The highest BCUT2D eigenvalue weighted by Gasteiger charge is 2.31. The third-order valence-corrected chi connectivity index (χ3v) is 7.46. The molecular formula is C29H31F5N8O. The van der Waals surface area contributed by atoms with Crippen LogP contribution >= 0.6 is 0 Å². The van der Waals surface area contributed by atoms with E-state index in [0.29, 0.717) is 59.0 Å². The number of carbonyl (C=O) groups excluding carboxylic acids is 1. The normalized spacial score (nSPS) is 15.9. The van der Waals surface area contributed by atoms with Crippen molar-refractivity contribution in [1.82, 2.24) is 24.6 Å². The summed E-state index contributed by atoms with van der Waals surface area (Å²) in [6.07, 6.45) is 1.60. The number of carbonyl (C=O) groups is 1. The van der Waals surface area contributed by atoms with Gasteiger partial charge < -0.3 is 20.9 Å². The molecule has 5 rings (SSSR count). The maximum Gasteiger partial charge on any atom is 0.416 e. The van der Waals surface area contributed by atoms with Crippen molar-refractivity contribution in [2.24, 2.45) is 7.05 Å². The zero-order chi connectivity index (χ0) is 30.7. The number of halogens is 5. The summed E-state index contributed by atoms with van der Waals surface area (Å²) in [4.78, 5) is 23.8. The minimum absolute atomic E-state index is 0.268. The van der Waals surface area contributed by atoms with Crippen molar-refractivity contribution in [3.63, 3.8) is 0 Å². The van der Waals surface area contributed by atoms with Crippen LogP contribution in [0.5, 0.6) is 0 Å². The number of anilines is 3. The van der Waals surface area contributed by atoms with E-state index >= 15 is 0 Å². The molecule has 2 aromatic carbocycles. The molecule has 1 saturated heterocycles. The number of aryl methyl sites for hydroxylation is 1. The van der Waals surface area contributed by atoms with E-state index in [2.05, 4.69) is 37.5 Å². The minimum atomic E-state index is -4.73. The first-order chi connectivity index (χ1) is 20.5. The Kier molecular flexibility index (Phi) is 8.76. The van der Waals surface area contributed by atoms with Gasteiger partial charge in [0.25, 0.3) is 0 Å². The molecule has 0 saturated carbocycles. The van der Waals surface area contributed by atoms with Crippen molar-refractivity contribution in [3.05, 3.63) is 59.8 Å². The van der Waals surface area contributed by atoms with Crippen LogP contribution in [0.15, 0.2) is 42.6 Å². The molecule has 228 valence electrons. The van der Waals surface area contributed by atoms with E-state index in [-0.39, 0.29) is 5.69 Å². The number of nitrogens with zero attached hydrogens (tertiary/aromatic N) is 5. The van der Waals surface area contributed by atoms with E-state index in [0.717, 1.165) is 25.6 Å². The summed E-state index contributed by atoms with van der Waals surface area (Å²) >= 11 is 0. The van der Waals surface area contributed by atoms with Gasteiger partial charge in [0.05, 0.1) is 22.3 Å². The highest BCUT2D eigenvalue weighted by atomic mass is 19.4. The van der Waals surface area contributed by atoms with Crippen molar-refractivity contribution in [2.75, 3.05) is 35.6 Å². The lowest BCUT2D eigenvalue weighted by Crippen LogP contribution is -2.38. The minimum Gasteiger partial charge on any atom is -0.354 e. The molecule has 1 fully saturated rings. The quantitative estimate of drug-likeness (QED) is 0.154. The van der Waals surface area contributed by atoms with Gasteiger partial charge in [0.1, 0.15) is 17.3 Å². The van der Waals surface area contributed by atoms with Crippen LogP contribution in [0.2, 0.25) is 0 Å². The van der Waals surface area contributed by atoms with Crippen LogP contribution in [0, 0.1) is 11.6 Å². The molecule has 1 aliphatic rings. The number of hydrogen-bond donors (Lipinski definition) is 3. The second-order valence-electron chi connectivity index (χ2n) is 10.5. The molecule has 3 heterocycles. The van der Waals surface area contributed by atoms with Crippen molar-refractivity contribution >= 4 is 34.4 Å². The van der Waals surface area contributed by atoms with Crippen LogP contribution in [0.25, 0.3) is 22.3 Å². The molecule has 2 amide bonds. The third-order valence-electron chi connectivity index (χ3n) is 7.46. The fraction of sp³-hybridized carbons (Fsp3) is 0.379. The zero-order valence-corrected chi connectivity index (χ0v) is 23.6. The number of likely N-dealkylation sites (tertiary alicyclic amines) is 1. The highest BCUT2D eigenvalue weighted by Crippen LogP contribution is 2.32. The first-order valence-corrected chi connectivity index (χ1v) is 13.9. The molecule has 2 aromatic heterocycles. The molecule has 14 heteroatoms. The van der Waals surface area contributed by atoms with Crippen molar-refractivity contribution in [1.29, 1.82) is 0 Å². The second-order valence-corrected chi connectivity index (χ2v) is 10.5. The van der Waals surface area contributed by atoms with Crippen LogP contribution in [0.4, 0.5) is 44.1 Å². The Labute approximate surface area is 244 Å². The number of aromatic nitrogens is 4. The third kappa shape index (κ3) is 7.01. The van der Waals surface area contributed by atoms with Crippen molar-refractivity contribution in [2.45, 2.75) is 44.8 Å². The molecule has 0 radical (unpaired) electrons. The number of benzene rings is 2. The molecule has 4 aromatic rings. The average Bonchev–Trinajstić information content (AvgIpc) is 3.29. The Morgan fingerprint density at radius 3 is 2.58 bits per heavy atom. The number of alkyl halides is 3. The SMILES string of the molecule is CC1CCCCN1CCCNc1ncc2c(-c3ccc(NC(=O)Nc4cc(C(F)(F)F)ccc4F)c(F)c3)nn(C)c2n1. The Balaban J connectivity index is 1.24. The van der Waals surface area contributed by atoms with E-state index in [1.54, 1.807) is 17.9 Å². The standard InChI is InChI=1S/C29H31F5N8O/c1-17-6-3-4-12-42(17)13-5-11-35-27-36-16-20-25(40-41(2)26(20)39-27)18-7-10-23(22(31)14-18)37-28(43)38-24-15-19(29(32,33)34)8-9-21(24)30/h7-10,14-17H,3-6,11-13H2,1-2H3,(H,35,36,39)(H2,37,38,43). The number of rotatable bonds is 8. The maximum atomic E-state index is 15.0. The Morgan fingerprint density at radius 1 is 1.05 bits per heavy atom.